The van der Waals surface area contributed by atoms with Crippen molar-refractivity contribution in [3.63, 3.8) is 0 Å². The fourth-order valence-electron chi connectivity index (χ4n) is 1.04. The van der Waals surface area contributed by atoms with E-state index in [4.69, 9.17) is 0 Å². The van der Waals surface area contributed by atoms with E-state index in [9.17, 15) is 0 Å². The quantitative estimate of drug-likeness (QED) is 0.551. The molecule has 1 aromatic heterocycles. The minimum Gasteiger partial charge on any atom is -0.146 e. The lowest BCUT2D eigenvalue weighted by Crippen LogP contribution is -1.96. The molecule has 1 aliphatic rings. The molecular weight excluding hydrogens is 188 g/mol. The molecule has 0 saturated heterocycles. The molecule has 0 unspecified atom stereocenters. The van der Waals surface area contributed by atoms with E-state index in [1.807, 2.05) is 0 Å². The number of thioether (sulfide) groups is 1. The molecule has 1 fully saturated rings. The molecule has 1 aromatic rings. The lowest BCUT2D eigenvalue weighted by atomic mass is 9.93. The Balaban J connectivity index is 1.75. The third-order valence-corrected chi connectivity index (χ3v) is 3.70. The number of hydrogen-bond donors (Lipinski definition) is 0. The van der Waals surface area contributed by atoms with Crippen LogP contribution in [-0.2, 0) is 0 Å². The van der Waals surface area contributed by atoms with Gasteiger partial charge in [-0.05, 0) is 19.3 Å². The van der Waals surface area contributed by atoms with E-state index in [0.29, 0.717) is 0 Å². The topological polar surface area (TPSA) is 25.8 Å². The van der Waals surface area contributed by atoms with Gasteiger partial charge >= 0.3 is 0 Å². The normalized spacial score (nSPS) is 15.8. The van der Waals surface area contributed by atoms with Gasteiger partial charge in [0.1, 0.15) is 5.51 Å². The first kappa shape index (κ1) is 8.26. The molecule has 0 N–H and O–H groups in total. The zero-order chi connectivity index (χ0) is 8.23. The number of rotatable bonds is 3. The summed E-state index contributed by atoms with van der Waals surface area (Å²) in [5.41, 5.74) is 3.39. The molecule has 4 heteroatoms. The Morgan fingerprint density at radius 2 is 2.50 bits per heavy atom. The van der Waals surface area contributed by atoms with Crippen molar-refractivity contribution in [1.29, 1.82) is 0 Å². The van der Waals surface area contributed by atoms with Gasteiger partial charge in [-0.25, -0.2) is 0 Å². The summed E-state index contributed by atoms with van der Waals surface area (Å²) in [7, 11) is 0. The van der Waals surface area contributed by atoms with E-state index in [-0.39, 0.29) is 0 Å². The molecule has 12 heavy (non-hydrogen) atoms. The fraction of sp³-hybridized carbons (Fsp3) is 0.500. The van der Waals surface area contributed by atoms with E-state index in [1.54, 1.807) is 34.2 Å². The molecule has 0 amide bonds. The second-order valence-electron chi connectivity index (χ2n) is 2.73. The highest BCUT2D eigenvalue weighted by Gasteiger charge is 2.06. The van der Waals surface area contributed by atoms with Gasteiger partial charge in [0.2, 0.25) is 0 Å². The Morgan fingerprint density at radius 1 is 1.58 bits per heavy atom. The fourth-order valence-corrected chi connectivity index (χ4v) is 2.49. The molecule has 64 valence electrons. The van der Waals surface area contributed by atoms with E-state index in [1.165, 1.54) is 19.3 Å². The number of nitrogens with zero attached hydrogens (tertiary/aromatic N) is 2. The maximum absolute atomic E-state index is 3.96. The highest BCUT2D eigenvalue weighted by atomic mass is 32.2. The predicted molar refractivity (Wildman–Crippen MR) is 52.6 cm³/mol. The molecule has 1 saturated carbocycles. The van der Waals surface area contributed by atoms with Gasteiger partial charge in [0.05, 0.1) is 0 Å². The van der Waals surface area contributed by atoms with E-state index >= 15 is 0 Å². The van der Waals surface area contributed by atoms with Crippen molar-refractivity contribution in [2.75, 3.05) is 5.75 Å². The van der Waals surface area contributed by atoms with Crippen molar-refractivity contribution in [3.05, 3.63) is 17.2 Å². The van der Waals surface area contributed by atoms with Crippen LogP contribution in [0.5, 0.6) is 0 Å². The van der Waals surface area contributed by atoms with Crippen LogP contribution in [0.3, 0.4) is 0 Å². The van der Waals surface area contributed by atoms with Crippen molar-refractivity contribution in [2.45, 2.75) is 23.6 Å². The smallest absolute Gasteiger partial charge is 0.146 e. The summed E-state index contributed by atoms with van der Waals surface area (Å²) in [6.45, 7) is 0. The van der Waals surface area contributed by atoms with Gasteiger partial charge < -0.3 is 0 Å². The molecule has 0 aliphatic heterocycles. The predicted octanol–water partition coefficient (Wildman–Crippen LogP) is 2.74. The van der Waals surface area contributed by atoms with E-state index in [0.717, 1.165) is 10.1 Å². The van der Waals surface area contributed by atoms with Crippen LogP contribution in [0.4, 0.5) is 0 Å². The summed E-state index contributed by atoms with van der Waals surface area (Å²) in [5.74, 6) is 1.06. The van der Waals surface area contributed by atoms with Crippen molar-refractivity contribution >= 4 is 23.1 Å². The minimum atomic E-state index is 1.06. The monoisotopic (exact) mass is 198 g/mol. The van der Waals surface area contributed by atoms with Crippen molar-refractivity contribution in [3.8, 4) is 0 Å². The highest BCUT2D eigenvalue weighted by Crippen LogP contribution is 2.27. The van der Waals surface area contributed by atoms with Gasteiger partial charge in [0.25, 0.3) is 0 Å². The van der Waals surface area contributed by atoms with Crippen molar-refractivity contribution in [2.24, 2.45) is 0 Å². The van der Waals surface area contributed by atoms with Crippen LogP contribution in [-0.4, -0.2) is 16.0 Å². The summed E-state index contributed by atoms with van der Waals surface area (Å²) in [6, 6.07) is 0. The Bertz CT molecular complexity index is 261. The molecule has 0 aromatic carbocycles. The van der Waals surface area contributed by atoms with Crippen LogP contribution in [0, 0.1) is 0 Å². The molecular formula is C8H10N2S2. The molecule has 0 atom stereocenters. The van der Waals surface area contributed by atoms with Gasteiger partial charge in [-0.2, -0.15) is 0 Å². The standard InChI is InChI=1S/C8H10N2S2/c1-2-7(3-1)4-5-11-8-10-9-6-12-8/h4,6H,1-3,5H2. The Hall–Kier alpha value is -0.350. The maximum Gasteiger partial charge on any atom is 0.174 e. The second-order valence-corrected chi connectivity index (χ2v) is 4.83. The lowest BCUT2D eigenvalue weighted by Gasteiger charge is -2.15. The third kappa shape index (κ3) is 2.08. The number of hydrogen-bond acceptors (Lipinski definition) is 4. The summed E-state index contributed by atoms with van der Waals surface area (Å²) >= 11 is 3.38. The highest BCUT2D eigenvalue weighted by molar-refractivity contribution is 8.01. The van der Waals surface area contributed by atoms with Crippen LogP contribution in [0.1, 0.15) is 19.3 Å². The summed E-state index contributed by atoms with van der Waals surface area (Å²) in [5, 5.41) is 7.74. The van der Waals surface area contributed by atoms with Crippen LogP contribution in [0.25, 0.3) is 0 Å². The molecule has 2 rings (SSSR count). The second kappa shape index (κ2) is 4.05. The lowest BCUT2D eigenvalue weighted by molar-refractivity contribution is 0.661. The first-order chi connectivity index (χ1) is 5.95. The Kier molecular flexibility index (Phi) is 2.79. The molecule has 2 nitrogen and oxygen atoms in total. The van der Waals surface area contributed by atoms with E-state index < -0.39 is 0 Å². The van der Waals surface area contributed by atoms with Gasteiger partial charge in [-0.15, -0.1) is 10.2 Å². The number of aromatic nitrogens is 2. The van der Waals surface area contributed by atoms with Crippen LogP contribution in [0.15, 0.2) is 21.5 Å². The zero-order valence-corrected chi connectivity index (χ0v) is 8.33. The molecule has 0 bridgehead atoms. The Morgan fingerprint density at radius 3 is 3.08 bits per heavy atom. The van der Waals surface area contributed by atoms with Crippen molar-refractivity contribution in [1.82, 2.24) is 10.2 Å². The number of allylic oxidation sites excluding steroid dienone is 1. The third-order valence-electron chi connectivity index (χ3n) is 1.91. The average molecular weight is 198 g/mol. The average Bonchev–Trinajstić information content (AvgIpc) is 2.46. The molecule has 1 aliphatic carbocycles. The van der Waals surface area contributed by atoms with E-state index in [2.05, 4.69) is 16.3 Å². The summed E-state index contributed by atoms with van der Waals surface area (Å²) < 4.78 is 1.08. The first-order valence-electron chi connectivity index (χ1n) is 4.02. The molecule has 0 spiro atoms. The van der Waals surface area contributed by atoms with Gasteiger partial charge in [0, 0.05) is 5.75 Å². The molecule has 0 radical (unpaired) electrons. The van der Waals surface area contributed by atoms with Crippen molar-refractivity contribution < 1.29 is 0 Å². The van der Waals surface area contributed by atoms with Gasteiger partial charge in [-0.3, -0.25) is 0 Å². The van der Waals surface area contributed by atoms with Gasteiger partial charge in [0.15, 0.2) is 4.34 Å². The van der Waals surface area contributed by atoms with Crippen LogP contribution >= 0.6 is 23.1 Å². The summed E-state index contributed by atoms with van der Waals surface area (Å²) in [6.07, 6.45) is 6.35. The first-order valence-corrected chi connectivity index (χ1v) is 5.88. The summed E-state index contributed by atoms with van der Waals surface area (Å²) in [4.78, 5) is 0. The SMILES string of the molecule is C(CSc1nncs1)=C1CCC1. The van der Waals surface area contributed by atoms with Crippen LogP contribution in [0.2, 0.25) is 0 Å². The van der Waals surface area contributed by atoms with Crippen LogP contribution < -0.4 is 0 Å². The largest absolute Gasteiger partial charge is 0.174 e. The maximum atomic E-state index is 3.96. The minimum absolute atomic E-state index is 1.06. The Labute approximate surface area is 80.1 Å². The van der Waals surface area contributed by atoms with Gasteiger partial charge in [-0.1, -0.05) is 34.7 Å². The molecule has 1 heterocycles. The zero-order valence-electron chi connectivity index (χ0n) is 6.69.